The second kappa shape index (κ2) is 5.03. The smallest absolute Gasteiger partial charge is 0.203 e. The summed E-state index contributed by atoms with van der Waals surface area (Å²) in [4.78, 5) is 4.73. The van der Waals surface area contributed by atoms with Crippen LogP contribution in [0.4, 0.5) is 5.95 Å². The Morgan fingerprint density at radius 2 is 1.76 bits per heavy atom. The Morgan fingerprint density at radius 3 is 2.33 bits per heavy atom. The van der Waals surface area contributed by atoms with Crippen molar-refractivity contribution in [3.05, 3.63) is 11.9 Å². The number of aryl methyl sites for hydroxylation is 1. The normalized spacial score (nSPS) is 25.0. The molecule has 0 unspecified atom stereocenters. The van der Waals surface area contributed by atoms with Gasteiger partial charge in [0, 0.05) is 18.8 Å². The van der Waals surface area contributed by atoms with Crippen molar-refractivity contribution >= 4 is 5.95 Å². The van der Waals surface area contributed by atoms with Crippen molar-refractivity contribution in [2.24, 2.45) is 16.7 Å². The third kappa shape index (κ3) is 2.49. The summed E-state index contributed by atoms with van der Waals surface area (Å²) >= 11 is 0. The maximum absolute atomic E-state index is 4.73. The highest BCUT2D eigenvalue weighted by Crippen LogP contribution is 2.68. The Morgan fingerprint density at radius 1 is 1.14 bits per heavy atom. The van der Waals surface area contributed by atoms with Gasteiger partial charge >= 0.3 is 0 Å². The molecular weight excluding hydrogens is 258 g/mol. The predicted molar refractivity (Wildman–Crippen MR) is 88.6 cm³/mol. The van der Waals surface area contributed by atoms with Gasteiger partial charge in [-0.25, -0.2) is 4.98 Å². The molecule has 1 N–H and O–H groups in total. The van der Waals surface area contributed by atoms with Crippen LogP contribution in [0.1, 0.15) is 71.5 Å². The van der Waals surface area contributed by atoms with Gasteiger partial charge < -0.3 is 9.88 Å². The lowest BCUT2D eigenvalue weighted by Gasteiger charge is -2.25. The van der Waals surface area contributed by atoms with E-state index in [-0.39, 0.29) is 0 Å². The van der Waals surface area contributed by atoms with Crippen LogP contribution in [0.2, 0.25) is 0 Å². The summed E-state index contributed by atoms with van der Waals surface area (Å²) in [6.07, 6.45) is 8.99. The van der Waals surface area contributed by atoms with Gasteiger partial charge in [0.2, 0.25) is 5.95 Å². The molecule has 2 aliphatic carbocycles. The van der Waals surface area contributed by atoms with Gasteiger partial charge in [0.1, 0.15) is 0 Å². The van der Waals surface area contributed by atoms with Gasteiger partial charge in [-0.1, -0.05) is 47.0 Å². The van der Waals surface area contributed by atoms with Crippen LogP contribution < -0.4 is 5.32 Å². The first-order valence-corrected chi connectivity index (χ1v) is 8.63. The van der Waals surface area contributed by atoms with Crippen molar-refractivity contribution in [2.75, 3.05) is 11.9 Å². The number of imidazole rings is 1. The summed E-state index contributed by atoms with van der Waals surface area (Å²) < 4.78 is 2.41. The predicted octanol–water partition coefficient (Wildman–Crippen LogP) is 4.79. The van der Waals surface area contributed by atoms with Crippen molar-refractivity contribution in [3.63, 3.8) is 0 Å². The lowest BCUT2D eigenvalue weighted by molar-refractivity contribution is 0.355. The lowest BCUT2D eigenvalue weighted by Crippen LogP contribution is -2.17. The standard InChI is InChI=1S/C18H31N3/c1-13-12-21(14-9-7-6-8-10-14)16(20-13)19-11-15-17(2,3)18(15,4)5/h12,14-15H,6-11H2,1-5H3,(H,19,20). The van der Waals surface area contributed by atoms with Crippen LogP contribution >= 0.6 is 0 Å². The minimum Gasteiger partial charge on any atom is -0.355 e. The first kappa shape index (κ1) is 14.9. The third-order valence-electron chi connectivity index (χ3n) is 6.60. The van der Waals surface area contributed by atoms with Crippen molar-refractivity contribution in [2.45, 2.75) is 72.8 Å². The molecule has 0 bridgehead atoms. The maximum atomic E-state index is 4.73. The van der Waals surface area contributed by atoms with E-state index in [1.807, 2.05) is 0 Å². The molecule has 3 heteroatoms. The summed E-state index contributed by atoms with van der Waals surface area (Å²) in [6, 6.07) is 0.655. The fourth-order valence-corrected chi connectivity index (χ4v) is 4.32. The summed E-state index contributed by atoms with van der Waals surface area (Å²) in [5, 5.41) is 3.66. The maximum Gasteiger partial charge on any atom is 0.203 e. The molecule has 0 spiro atoms. The van der Waals surface area contributed by atoms with E-state index in [1.165, 1.54) is 32.1 Å². The molecular formula is C18H31N3. The van der Waals surface area contributed by atoms with Crippen LogP contribution in [-0.2, 0) is 0 Å². The minimum absolute atomic E-state index is 0.442. The molecule has 1 aromatic heterocycles. The molecule has 21 heavy (non-hydrogen) atoms. The molecule has 0 aromatic carbocycles. The molecule has 0 saturated heterocycles. The molecule has 1 aromatic rings. The third-order valence-corrected chi connectivity index (χ3v) is 6.60. The van der Waals surface area contributed by atoms with Crippen LogP contribution in [0.25, 0.3) is 0 Å². The van der Waals surface area contributed by atoms with E-state index in [2.05, 4.69) is 50.7 Å². The summed E-state index contributed by atoms with van der Waals surface area (Å²) in [5.74, 6) is 1.83. The topological polar surface area (TPSA) is 29.9 Å². The van der Waals surface area contributed by atoms with Crippen LogP contribution in [0, 0.1) is 23.7 Å². The lowest BCUT2D eigenvalue weighted by atomic mass is 9.95. The van der Waals surface area contributed by atoms with E-state index in [1.54, 1.807) is 0 Å². The van der Waals surface area contributed by atoms with Gasteiger partial charge in [-0.3, -0.25) is 0 Å². The molecule has 2 saturated carbocycles. The summed E-state index contributed by atoms with van der Waals surface area (Å²) in [5.41, 5.74) is 2.02. The minimum atomic E-state index is 0.442. The molecule has 0 radical (unpaired) electrons. The number of hydrogen-bond donors (Lipinski definition) is 1. The Bertz CT molecular complexity index is 493. The number of rotatable bonds is 4. The summed E-state index contributed by atoms with van der Waals surface area (Å²) in [6.45, 7) is 12.7. The van der Waals surface area contributed by atoms with E-state index >= 15 is 0 Å². The quantitative estimate of drug-likeness (QED) is 0.863. The molecule has 0 amide bonds. The van der Waals surface area contributed by atoms with Crippen LogP contribution in [0.3, 0.4) is 0 Å². The zero-order valence-corrected chi connectivity index (χ0v) is 14.4. The number of nitrogens with one attached hydrogen (secondary N) is 1. The van der Waals surface area contributed by atoms with E-state index in [4.69, 9.17) is 4.98 Å². The fourth-order valence-electron chi connectivity index (χ4n) is 4.32. The van der Waals surface area contributed by atoms with Gasteiger partial charge in [-0.2, -0.15) is 0 Å². The molecule has 2 fully saturated rings. The number of aromatic nitrogens is 2. The van der Waals surface area contributed by atoms with Gasteiger partial charge in [-0.15, -0.1) is 0 Å². The second-order valence-corrected chi connectivity index (χ2v) is 8.28. The molecule has 1 heterocycles. The van der Waals surface area contributed by atoms with E-state index in [9.17, 15) is 0 Å². The van der Waals surface area contributed by atoms with Gasteiger partial charge in [0.25, 0.3) is 0 Å². The SMILES string of the molecule is Cc1cn(C2CCCCC2)c(NCC2C(C)(C)C2(C)C)n1. The van der Waals surface area contributed by atoms with Crippen LogP contribution in [-0.4, -0.2) is 16.1 Å². The highest BCUT2D eigenvalue weighted by molar-refractivity contribution is 5.31. The summed E-state index contributed by atoms with van der Waals surface area (Å²) in [7, 11) is 0. The average molecular weight is 289 g/mol. The largest absolute Gasteiger partial charge is 0.355 e. The Balaban J connectivity index is 1.69. The first-order chi connectivity index (χ1) is 9.84. The van der Waals surface area contributed by atoms with Crippen molar-refractivity contribution in [1.82, 2.24) is 9.55 Å². The second-order valence-electron chi connectivity index (χ2n) is 8.28. The monoisotopic (exact) mass is 289 g/mol. The highest BCUT2D eigenvalue weighted by Gasteiger charge is 2.64. The van der Waals surface area contributed by atoms with E-state index in [0.717, 1.165) is 24.1 Å². The fraction of sp³-hybridized carbons (Fsp3) is 0.833. The molecule has 3 rings (SSSR count). The molecule has 2 aliphatic rings. The molecule has 0 aliphatic heterocycles. The first-order valence-electron chi connectivity index (χ1n) is 8.63. The Hall–Kier alpha value is -0.990. The van der Waals surface area contributed by atoms with Crippen LogP contribution in [0.15, 0.2) is 6.20 Å². The van der Waals surface area contributed by atoms with E-state index in [0.29, 0.717) is 16.9 Å². The molecule has 0 atom stereocenters. The van der Waals surface area contributed by atoms with Crippen molar-refractivity contribution < 1.29 is 0 Å². The highest BCUT2D eigenvalue weighted by atomic mass is 15.2. The number of hydrogen-bond acceptors (Lipinski definition) is 2. The van der Waals surface area contributed by atoms with Crippen molar-refractivity contribution in [3.8, 4) is 0 Å². The van der Waals surface area contributed by atoms with E-state index < -0.39 is 0 Å². The van der Waals surface area contributed by atoms with Crippen LogP contribution in [0.5, 0.6) is 0 Å². The molecule has 3 nitrogen and oxygen atoms in total. The number of nitrogens with zero attached hydrogens (tertiary/aromatic N) is 2. The van der Waals surface area contributed by atoms with Gasteiger partial charge in [0.15, 0.2) is 0 Å². The van der Waals surface area contributed by atoms with Gasteiger partial charge in [-0.05, 0) is 36.5 Å². The number of anilines is 1. The zero-order valence-electron chi connectivity index (χ0n) is 14.4. The zero-order chi connectivity index (χ0) is 15.3. The Labute approximate surface area is 129 Å². The molecule has 118 valence electrons. The Kier molecular flexibility index (Phi) is 3.58. The van der Waals surface area contributed by atoms with Crippen molar-refractivity contribution in [1.29, 1.82) is 0 Å². The van der Waals surface area contributed by atoms with Gasteiger partial charge in [0.05, 0.1) is 5.69 Å². The average Bonchev–Trinajstić information content (AvgIpc) is 2.73.